The van der Waals surface area contributed by atoms with Crippen LogP contribution in [-0.2, 0) is 12.6 Å². The van der Waals surface area contributed by atoms with Crippen LogP contribution in [0.1, 0.15) is 0 Å². The maximum absolute atomic E-state index is 5.75. The van der Waals surface area contributed by atoms with Gasteiger partial charge in [0.1, 0.15) is 0 Å². The molecule has 0 spiro atoms. The maximum atomic E-state index is 5.75. The third kappa shape index (κ3) is 1.51. The predicted molar refractivity (Wildman–Crippen MR) is 56.2 cm³/mol. The van der Waals surface area contributed by atoms with Crippen molar-refractivity contribution in [2.75, 3.05) is 5.84 Å². The molecule has 2 N–H and O–H groups in total. The van der Waals surface area contributed by atoms with E-state index in [0.29, 0.717) is 10.8 Å². The number of nitrogen functional groups attached to an aromatic ring is 1. The fraction of sp³-hybridized carbons (Fsp3) is 0. The number of hydrogen-bond acceptors (Lipinski definition) is 4. The standard InChI is InChI=1S/C8H7ClN4S/c9-6-3-1-5(2-4-6)7-11-12-8(14)13(7)10/h1-4H,10H2,(H,12,14)/p-1. The van der Waals surface area contributed by atoms with E-state index in [2.05, 4.69) is 10.2 Å². The van der Waals surface area contributed by atoms with E-state index in [1.807, 2.05) is 12.1 Å². The van der Waals surface area contributed by atoms with Gasteiger partial charge in [-0.2, -0.15) is 5.10 Å². The van der Waals surface area contributed by atoms with Gasteiger partial charge in [0.15, 0.2) is 5.82 Å². The van der Waals surface area contributed by atoms with E-state index in [-0.39, 0.29) is 5.16 Å². The zero-order chi connectivity index (χ0) is 10.1. The van der Waals surface area contributed by atoms with Crippen molar-refractivity contribution >= 4 is 24.2 Å². The molecule has 14 heavy (non-hydrogen) atoms. The van der Waals surface area contributed by atoms with Gasteiger partial charge in [-0.15, -0.1) is 5.10 Å². The summed E-state index contributed by atoms with van der Waals surface area (Å²) in [6.45, 7) is 0. The fourth-order valence-electron chi connectivity index (χ4n) is 1.07. The average molecular weight is 226 g/mol. The summed E-state index contributed by atoms with van der Waals surface area (Å²) in [5.74, 6) is 6.16. The lowest BCUT2D eigenvalue weighted by Gasteiger charge is -2.05. The largest absolute Gasteiger partial charge is 0.738 e. The molecule has 0 fully saturated rings. The molecule has 0 atom stereocenters. The Bertz CT molecular complexity index is 451. The molecular weight excluding hydrogens is 220 g/mol. The number of rotatable bonds is 1. The molecule has 4 nitrogen and oxygen atoms in total. The Morgan fingerprint density at radius 3 is 2.36 bits per heavy atom. The van der Waals surface area contributed by atoms with Gasteiger partial charge < -0.3 is 18.5 Å². The van der Waals surface area contributed by atoms with Gasteiger partial charge in [0, 0.05) is 15.7 Å². The first-order valence-electron chi connectivity index (χ1n) is 3.82. The lowest BCUT2D eigenvalue weighted by Crippen LogP contribution is -2.11. The second kappa shape index (κ2) is 3.43. The lowest BCUT2D eigenvalue weighted by atomic mass is 10.2. The van der Waals surface area contributed by atoms with Crippen LogP contribution < -0.4 is 5.84 Å². The highest BCUT2D eigenvalue weighted by atomic mass is 35.5. The second-order valence-electron chi connectivity index (χ2n) is 2.68. The summed E-state index contributed by atoms with van der Waals surface area (Å²) in [5, 5.41) is 8.46. The summed E-state index contributed by atoms with van der Waals surface area (Å²) in [6.07, 6.45) is 0. The van der Waals surface area contributed by atoms with Crippen molar-refractivity contribution in [1.82, 2.24) is 14.9 Å². The molecule has 0 aliphatic carbocycles. The molecule has 0 aliphatic heterocycles. The normalized spacial score (nSPS) is 10.4. The maximum Gasteiger partial charge on any atom is 0.180 e. The van der Waals surface area contributed by atoms with Crippen LogP contribution in [0, 0.1) is 0 Å². The highest BCUT2D eigenvalue weighted by Crippen LogP contribution is 2.18. The van der Waals surface area contributed by atoms with Gasteiger partial charge in [-0.3, -0.25) is 0 Å². The molecule has 1 aromatic heterocycles. The third-order valence-corrected chi connectivity index (χ3v) is 2.30. The van der Waals surface area contributed by atoms with Gasteiger partial charge in [0.2, 0.25) is 0 Å². The summed E-state index contributed by atoms with van der Waals surface area (Å²) in [5.41, 5.74) is 0.834. The van der Waals surface area contributed by atoms with E-state index >= 15 is 0 Å². The molecule has 0 bridgehead atoms. The van der Waals surface area contributed by atoms with Crippen LogP contribution >= 0.6 is 11.6 Å². The van der Waals surface area contributed by atoms with Gasteiger partial charge in [-0.25, -0.2) is 4.68 Å². The van der Waals surface area contributed by atoms with Crippen molar-refractivity contribution in [3.63, 3.8) is 0 Å². The molecule has 0 aliphatic rings. The van der Waals surface area contributed by atoms with Gasteiger partial charge in [-0.1, -0.05) is 11.6 Å². The molecule has 2 aromatic rings. The number of nitrogens with zero attached hydrogens (tertiary/aromatic N) is 3. The zero-order valence-corrected chi connectivity index (χ0v) is 8.59. The van der Waals surface area contributed by atoms with Crippen molar-refractivity contribution in [3.05, 3.63) is 29.3 Å². The number of halogens is 1. The quantitative estimate of drug-likeness (QED) is 0.586. The summed E-state index contributed by atoms with van der Waals surface area (Å²) in [7, 11) is 0. The molecule has 0 unspecified atom stereocenters. The third-order valence-electron chi connectivity index (χ3n) is 1.77. The summed E-state index contributed by atoms with van der Waals surface area (Å²) in [4.78, 5) is 0. The number of nitrogens with two attached hydrogens (primary N) is 1. The molecule has 1 heterocycles. The van der Waals surface area contributed by atoms with Crippen molar-refractivity contribution in [2.45, 2.75) is 5.16 Å². The van der Waals surface area contributed by atoms with E-state index in [1.54, 1.807) is 12.1 Å². The topological polar surface area (TPSA) is 56.7 Å². The van der Waals surface area contributed by atoms with E-state index in [0.717, 1.165) is 5.56 Å². The molecule has 2 rings (SSSR count). The van der Waals surface area contributed by atoms with Gasteiger partial charge >= 0.3 is 0 Å². The predicted octanol–water partition coefficient (Wildman–Crippen LogP) is 1.22. The molecule has 0 saturated carbocycles. The number of hydrogen-bond donors (Lipinski definition) is 1. The van der Waals surface area contributed by atoms with E-state index < -0.39 is 0 Å². The molecule has 0 radical (unpaired) electrons. The average Bonchev–Trinajstić information content (AvgIpc) is 2.50. The monoisotopic (exact) mass is 225 g/mol. The molecular formula is C8H6ClN4S-. The first-order valence-corrected chi connectivity index (χ1v) is 4.60. The van der Waals surface area contributed by atoms with Crippen LogP contribution in [0.3, 0.4) is 0 Å². The minimum Gasteiger partial charge on any atom is -0.738 e. The number of benzene rings is 1. The fourth-order valence-corrected chi connectivity index (χ4v) is 1.33. The molecule has 1 aromatic carbocycles. The Labute approximate surface area is 91.1 Å². The van der Waals surface area contributed by atoms with E-state index in [4.69, 9.17) is 30.1 Å². The smallest absolute Gasteiger partial charge is 0.180 e. The Morgan fingerprint density at radius 1 is 1.21 bits per heavy atom. The van der Waals surface area contributed by atoms with Crippen molar-refractivity contribution < 1.29 is 0 Å². The summed E-state index contributed by atoms with van der Waals surface area (Å²) >= 11 is 10.6. The first-order chi connectivity index (χ1) is 6.68. The summed E-state index contributed by atoms with van der Waals surface area (Å²) < 4.78 is 1.26. The lowest BCUT2D eigenvalue weighted by molar-refractivity contribution is 0.854. The van der Waals surface area contributed by atoms with Crippen LogP contribution in [0.4, 0.5) is 0 Å². The second-order valence-corrected chi connectivity index (χ2v) is 3.48. The molecule has 0 saturated heterocycles. The van der Waals surface area contributed by atoms with Crippen molar-refractivity contribution in [3.8, 4) is 11.4 Å². The SMILES string of the molecule is Nn1c([S-])nnc1-c1ccc(Cl)cc1. The first kappa shape index (κ1) is 9.23. The Hall–Kier alpha value is -1.33. The van der Waals surface area contributed by atoms with Crippen LogP contribution in [0.15, 0.2) is 29.4 Å². The minimum atomic E-state index is 0.259. The Morgan fingerprint density at radius 2 is 1.86 bits per heavy atom. The van der Waals surface area contributed by atoms with E-state index in [9.17, 15) is 0 Å². The van der Waals surface area contributed by atoms with Crippen LogP contribution in [0.2, 0.25) is 5.02 Å². The highest BCUT2D eigenvalue weighted by molar-refractivity contribution is 7.58. The molecule has 72 valence electrons. The van der Waals surface area contributed by atoms with E-state index in [1.165, 1.54) is 4.68 Å². The Kier molecular flexibility index (Phi) is 2.26. The van der Waals surface area contributed by atoms with Crippen molar-refractivity contribution in [1.29, 1.82) is 0 Å². The van der Waals surface area contributed by atoms with Gasteiger partial charge in [0.05, 0.1) is 0 Å². The van der Waals surface area contributed by atoms with Crippen LogP contribution in [0.25, 0.3) is 11.4 Å². The van der Waals surface area contributed by atoms with Crippen LogP contribution in [0.5, 0.6) is 0 Å². The van der Waals surface area contributed by atoms with Gasteiger partial charge in [-0.05, 0) is 24.3 Å². The zero-order valence-electron chi connectivity index (χ0n) is 7.01. The highest BCUT2D eigenvalue weighted by Gasteiger charge is 2.04. The molecule has 6 heteroatoms. The van der Waals surface area contributed by atoms with Crippen LogP contribution in [-0.4, -0.2) is 14.9 Å². The Balaban J connectivity index is 2.49. The number of aromatic nitrogens is 3. The minimum absolute atomic E-state index is 0.259. The van der Waals surface area contributed by atoms with Gasteiger partial charge in [0.25, 0.3) is 0 Å². The molecule has 0 amide bonds. The summed E-state index contributed by atoms with van der Waals surface area (Å²) in [6, 6.07) is 7.14. The van der Waals surface area contributed by atoms with Crippen molar-refractivity contribution in [2.24, 2.45) is 0 Å².